The van der Waals surface area contributed by atoms with Gasteiger partial charge in [0.1, 0.15) is 11.9 Å². The molecule has 1 N–H and O–H groups in total. The number of rotatable bonds is 2. The van der Waals surface area contributed by atoms with Crippen LogP contribution >= 0.6 is 15.9 Å². The molecule has 0 aliphatic carbocycles. The molecule has 21 heavy (non-hydrogen) atoms. The molecule has 1 heterocycles. The molecule has 1 fully saturated rings. The van der Waals surface area contributed by atoms with Crippen molar-refractivity contribution in [2.75, 3.05) is 13.1 Å². The topological polar surface area (TPSA) is 49.8 Å². The molecular weight excluding hydrogens is 355 g/mol. The summed E-state index contributed by atoms with van der Waals surface area (Å²) in [6, 6.07) is 3.21. The van der Waals surface area contributed by atoms with Gasteiger partial charge in [-0.1, -0.05) is 0 Å². The van der Waals surface area contributed by atoms with Gasteiger partial charge < -0.3 is 14.7 Å². The maximum Gasteiger partial charge on any atom is 0.416 e. The summed E-state index contributed by atoms with van der Waals surface area (Å²) in [5, 5.41) is 8.84. The van der Waals surface area contributed by atoms with E-state index in [9.17, 15) is 18.0 Å². The molecule has 1 aliphatic rings. The minimum Gasteiger partial charge on any atom is -0.489 e. The van der Waals surface area contributed by atoms with Crippen LogP contribution in [0.1, 0.15) is 18.4 Å². The Kier molecular flexibility index (Phi) is 4.65. The Morgan fingerprint density at radius 1 is 1.33 bits per heavy atom. The number of carbonyl (C=O) groups is 1. The lowest BCUT2D eigenvalue weighted by Gasteiger charge is -2.30. The summed E-state index contributed by atoms with van der Waals surface area (Å²) in [7, 11) is 0. The number of likely N-dealkylation sites (tertiary alicyclic amines) is 1. The largest absolute Gasteiger partial charge is 0.489 e. The molecule has 0 radical (unpaired) electrons. The molecule has 1 aromatic rings. The van der Waals surface area contributed by atoms with Crippen LogP contribution in [0.25, 0.3) is 0 Å². The highest BCUT2D eigenvalue weighted by molar-refractivity contribution is 9.10. The quantitative estimate of drug-likeness (QED) is 0.859. The Labute approximate surface area is 127 Å². The Morgan fingerprint density at radius 2 is 1.95 bits per heavy atom. The number of carboxylic acid groups (broad SMARTS) is 1. The molecule has 1 aliphatic heterocycles. The Balaban J connectivity index is 2.00. The zero-order chi connectivity index (χ0) is 15.6. The number of alkyl halides is 3. The van der Waals surface area contributed by atoms with Crippen molar-refractivity contribution in [3.05, 3.63) is 28.2 Å². The lowest BCUT2D eigenvalue weighted by Crippen LogP contribution is -2.41. The molecule has 1 saturated heterocycles. The van der Waals surface area contributed by atoms with Gasteiger partial charge in [0, 0.05) is 25.9 Å². The molecular formula is C13H13BrF3NO3. The van der Waals surface area contributed by atoms with E-state index in [0.29, 0.717) is 31.7 Å². The van der Waals surface area contributed by atoms with Crippen molar-refractivity contribution in [1.82, 2.24) is 4.90 Å². The highest BCUT2D eigenvalue weighted by atomic mass is 79.9. The number of ether oxygens (including phenoxy) is 1. The summed E-state index contributed by atoms with van der Waals surface area (Å²) >= 11 is 3.07. The molecule has 1 aromatic carbocycles. The SMILES string of the molecule is O=C(O)N1CCC(Oc2ccc(C(F)(F)F)cc2Br)CC1. The zero-order valence-corrected chi connectivity index (χ0v) is 12.4. The lowest BCUT2D eigenvalue weighted by atomic mass is 10.1. The third-order valence-corrected chi connectivity index (χ3v) is 3.89. The molecule has 8 heteroatoms. The number of amides is 1. The number of halogens is 4. The number of hydrogen-bond donors (Lipinski definition) is 1. The Bertz CT molecular complexity index is 528. The fourth-order valence-corrected chi connectivity index (χ4v) is 2.59. The number of nitrogens with zero attached hydrogens (tertiary/aromatic N) is 1. The van der Waals surface area contributed by atoms with E-state index < -0.39 is 17.8 Å². The van der Waals surface area contributed by atoms with Crippen molar-refractivity contribution in [3.63, 3.8) is 0 Å². The monoisotopic (exact) mass is 367 g/mol. The van der Waals surface area contributed by atoms with E-state index in [1.807, 2.05) is 0 Å². The first-order chi connectivity index (χ1) is 9.77. The van der Waals surface area contributed by atoms with Gasteiger partial charge in [-0.05, 0) is 34.1 Å². The van der Waals surface area contributed by atoms with Gasteiger partial charge in [-0.25, -0.2) is 4.79 Å². The summed E-state index contributed by atoms with van der Waals surface area (Å²) in [4.78, 5) is 12.1. The number of piperidine rings is 1. The minimum atomic E-state index is -4.39. The first-order valence-corrected chi connectivity index (χ1v) is 7.08. The Morgan fingerprint density at radius 3 is 2.43 bits per heavy atom. The van der Waals surface area contributed by atoms with Gasteiger partial charge in [-0.15, -0.1) is 0 Å². The van der Waals surface area contributed by atoms with Crippen LogP contribution in [-0.2, 0) is 6.18 Å². The van der Waals surface area contributed by atoms with Gasteiger partial charge in [0.05, 0.1) is 10.0 Å². The maximum atomic E-state index is 12.6. The number of benzene rings is 1. The summed E-state index contributed by atoms with van der Waals surface area (Å²) in [5.41, 5.74) is -0.748. The smallest absolute Gasteiger partial charge is 0.416 e. The van der Waals surface area contributed by atoms with E-state index in [1.165, 1.54) is 11.0 Å². The first kappa shape index (κ1) is 15.9. The van der Waals surface area contributed by atoms with E-state index in [1.54, 1.807) is 0 Å². The zero-order valence-electron chi connectivity index (χ0n) is 10.9. The fourth-order valence-electron chi connectivity index (χ4n) is 2.12. The summed E-state index contributed by atoms with van der Waals surface area (Å²) in [6.07, 6.45) is -4.54. The van der Waals surface area contributed by atoms with E-state index >= 15 is 0 Å². The molecule has 0 aromatic heterocycles. The van der Waals surface area contributed by atoms with Crippen LogP contribution in [0.2, 0.25) is 0 Å². The van der Waals surface area contributed by atoms with Crippen LogP contribution in [-0.4, -0.2) is 35.3 Å². The van der Waals surface area contributed by atoms with Crippen molar-refractivity contribution < 1.29 is 27.8 Å². The summed E-state index contributed by atoms with van der Waals surface area (Å²) in [6.45, 7) is 0.719. The van der Waals surface area contributed by atoms with Crippen LogP contribution in [0.3, 0.4) is 0 Å². The normalized spacial score (nSPS) is 16.9. The lowest BCUT2D eigenvalue weighted by molar-refractivity contribution is -0.137. The van der Waals surface area contributed by atoms with E-state index in [4.69, 9.17) is 9.84 Å². The summed E-state index contributed by atoms with van der Waals surface area (Å²) in [5.74, 6) is 0.330. The molecule has 0 bridgehead atoms. The van der Waals surface area contributed by atoms with Crippen LogP contribution in [0.15, 0.2) is 22.7 Å². The molecule has 2 rings (SSSR count). The fraction of sp³-hybridized carbons (Fsp3) is 0.462. The van der Waals surface area contributed by atoms with E-state index in [2.05, 4.69) is 15.9 Å². The first-order valence-electron chi connectivity index (χ1n) is 6.28. The van der Waals surface area contributed by atoms with Gasteiger partial charge in [0.25, 0.3) is 0 Å². The molecule has 0 unspecified atom stereocenters. The van der Waals surface area contributed by atoms with Crippen molar-refractivity contribution in [1.29, 1.82) is 0 Å². The molecule has 1 amide bonds. The van der Waals surface area contributed by atoms with Gasteiger partial charge in [0.15, 0.2) is 0 Å². The van der Waals surface area contributed by atoms with Crippen molar-refractivity contribution in [2.24, 2.45) is 0 Å². The van der Waals surface area contributed by atoms with Gasteiger partial charge in [-0.2, -0.15) is 13.2 Å². The van der Waals surface area contributed by atoms with Crippen LogP contribution in [0, 0.1) is 0 Å². The standard InChI is InChI=1S/C13H13BrF3NO3/c14-10-7-8(13(15,16)17)1-2-11(10)21-9-3-5-18(6-4-9)12(19)20/h1-2,7,9H,3-6H2,(H,19,20). The van der Waals surface area contributed by atoms with Gasteiger partial charge in [0.2, 0.25) is 0 Å². The highest BCUT2D eigenvalue weighted by Gasteiger charge is 2.31. The van der Waals surface area contributed by atoms with Crippen LogP contribution < -0.4 is 4.74 Å². The minimum absolute atomic E-state index is 0.200. The van der Waals surface area contributed by atoms with Crippen molar-refractivity contribution in [2.45, 2.75) is 25.1 Å². The second-order valence-corrected chi connectivity index (χ2v) is 5.58. The summed E-state index contributed by atoms with van der Waals surface area (Å²) < 4.78 is 43.5. The van der Waals surface area contributed by atoms with E-state index in [0.717, 1.165) is 12.1 Å². The molecule has 116 valence electrons. The second kappa shape index (κ2) is 6.13. The Hall–Kier alpha value is -1.44. The third kappa shape index (κ3) is 4.03. The van der Waals surface area contributed by atoms with Crippen LogP contribution in [0.5, 0.6) is 5.75 Å². The second-order valence-electron chi connectivity index (χ2n) is 4.73. The average molecular weight is 368 g/mol. The predicted octanol–water partition coefficient (Wildman–Crippen LogP) is 3.99. The molecule has 4 nitrogen and oxygen atoms in total. The predicted molar refractivity (Wildman–Crippen MR) is 72.4 cm³/mol. The molecule has 0 spiro atoms. The van der Waals surface area contributed by atoms with Crippen molar-refractivity contribution in [3.8, 4) is 5.75 Å². The van der Waals surface area contributed by atoms with Crippen molar-refractivity contribution >= 4 is 22.0 Å². The molecule has 0 saturated carbocycles. The van der Waals surface area contributed by atoms with E-state index in [-0.39, 0.29) is 10.6 Å². The molecule has 0 atom stereocenters. The average Bonchev–Trinajstić information content (AvgIpc) is 2.40. The van der Waals surface area contributed by atoms with Gasteiger partial charge >= 0.3 is 12.3 Å². The van der Waals surface area contributed by atoms with Gasteiger partial charge in [-0.3, -0.25) is 0 Å². The maximum absolute atomic E-state index is 12.6. The third-order valence-electron chi connectivity index (χ3n) is 3.27. The highest BCUT2D eigenvalue weighted by Crippen LogP contribution is 2.35. The van der Waals surface area contributed by atoms with Crippen LogP contribution in [0.4, 0.5) is 18.0 Å². The number of hydrogen-bond acceptors (Lipinski definition) is 2.